The zero-order chi connectivity index (χ0) is 12.2. The molecule has 0 unspecified atom stereocenters. The summed E-state index contributed by atoms with van der Waals surface area (Å²) in [4.78, 5) is 0. The van der Waals surface area contributed by atoms with E-state index in [9.17, 15) is 17.3 Å². The molecule has 0 aromatic carbocycles. The van der Waals surface area contributed by atoms with Crippen LogP contribution in [0.1, 0.15) is 39.5 Å². The summed E-state index contributed by atoms with van der Waals surface area (Å²) < 4.78 is 39.0. The predicted octanol–water partition coefficient (Wildman–Crippen LogP) is 5.00. The van der Waals surface area contributed by atoms with E-state index in [2.05, 4.69) is 24.3 Å². The number of halogens is 4. The zero-order valence-corrected chi connectivity index (χ0v) is 11.2. The molecular weight excluding hydrogens is 310 g/mol. The van der Waals surface area contributed by atoms with Crippen LogP contribution in [0.15, 0.2) is 24.3 Å². The topological polar surface area (TPSA) is 0 Å². The Balaban J connectivity index is -0.000000187. The van der Waals surface area contributed by atoms with Crippen molar-refractivity contribution in [2.24, 2.45) is 0 Å². The molecule has 99 valence electrons. The fraction of sp³-hybridized carbons (Fsp3) is 0.600. The van der Waals surface area contributed by atoms with Gasteiger partial charge in [0.05, 0.1) is 0 Å². The summed E-state index contributed by atoms with van der Waals surface area (Å²) in [6, 6.07) is 0. The van der Waals surface area contributed by atoms with E-state index < -0.39 is 7.25 Å². The Kier molecular flexibility index (Phi) is 19.7. The van der Waals surface area contributed by atoms with Crippen LogP contribution in [0.2, 0.25) is 0 Å². The van der Waals surface area contributed by atoms with Gasteiger partial charge in [-0.25, -0.2) is 0 Å². The standard InChI is InChI=1S/C8H12.C2H6.BF4.Rh/c1-2-4-6-8-7-5-3-1;1-2;2-1(3,4)5;/h1-4H,5-8H2;1-2H3;;/q;;-1;. The molecule has 1 radical (unpaired) electrons. The number of hydrogen-bond acceptors (Lipinski definition) is 0. The normalized spacial score (nSPS) is 14.1. The van der Waals surface area contributed by atoms with Crippen LogP contribution < -0.4 is 0 Å². The van der Waals surface area contributed by atoms with E-state index in [0.29, 0.717) is 0 Å². The van der Waals surface area contributed by atoms with Crippen molar-refractivity contribution in [3.8, 4) is 0 Å². The molecule has 0 saturated heterocycles. The van der Waals surface area contributed by atoms with Crippen molar-refractivity contribution in [1.82, 2.24) is 0 Å². The molecule has 0 aromatic heterocycles. The first-order chi connectivity index (χ1) is 7.00. The number of hydrogen-bond donors (Lipinski definition) is 0. The quantitative estimate of drug-likeness (QED) is 0.434. The third-order valence-electron chi connectivity index (χ3n) is 1.37. The van der Waals surface area contributed by atoms with Gasteiger partial charge in [0.2, 0.25) is 0 Å². The van der Waals surface area contributed by atoms with Crippen LogP contribution in [-0.2, 0) is 19.5 Å². The van der Waals surface area contributed by atoms with Crippen molar-refractivity contribution in [1.29, 1.82) is 0 Å². The molecule has 6 heteroatoms. The molecule has 0 heterocycles. The fourth-order valence-electron chi connectivity index (χ4n) is 0.874. The predicted molar refractivity (Wildman–Crippen MR) is 58.3 cm³/mol. The van der Waals surface area contributed by atoms with Gasteiger partial charge >= 0.3 is 7.25 Å². The molecule has 0 bridgehead atoms. The maximum absolute atomic E-state index is 9.75. The van der Waals surface area contributed by atoms with Gasteiger partial charge in [-0.05, 0) is 25.7 Å². The van der Waals surface area contributed by atoms with Gasteiger partial charge in [0.15, 0.2) is 0 Å². The molecule has 1 aliphatic carbocycles. The molecule has 0 aliphatic heterocycles. The molecule has 0 N–H and O–H groups in total. The molecule has 0 aromatic rings. The summed E-state index contributed by atoms with van der Waals surface area (Å²) in [7, 11) is -6.00. The van der Waals surface area contributed by atoms with Gasteiger partial charge in [-0.3, -0.25) is 0 Å². The summed E-state index contributed by atoms with van der Waals surface area (Å²) in [5.74, 6) is 0. The average molecular weight is 328 g/mol. The van der Waals surface area contributed by atoms with Crippen LogP contribution in [0.5, 0.6) is 0 Å². The summed E-state index contributed by atoms with van der Waals surface area (Å²) in [5.41, 5.74) is 0. The van der Waals surface area contributed by atoms with Crippen LogP contribution in [0.3, 0.4) is 0 Å². The van der Waals surface area contributed by atoms with E-state index in [0.717, 1.165) is 0 Å². The molecular formula is C10H18BF4Rh-. The first-order valence-corrected chi connectivity index (χ1v) is 5.19. The van der Waals surface area contributed by atoms with Gasteiger partial charge in [0, 0.05) is 19.5 Å². The monoisotopic (exact) mass is 328 g/mol. The van der Waals surface area contributed by atoms with E-state index in [1.54, 1.807) is 0 Å². The van der Waals surface area contributed by atoms with E-state index in [4.69, 9.17) is 0 Å². The summed E-state index contributed by atoms with van der Waals surface area (Å²) in [6.45, 7) is 4.00. The van der Waals surface area contributed by atoms with Crippen LogP contribution in [0.4, 0.5) is 17.3 Å². The Labute approximate surface area is 108 Å². The van der Waals surface area contributed by atoms with Crippen molar-refractivity contribution in [2.75, 3.05) is 0 Å². The maximum atomic E-state index is 9.75. The van der Waals surface area contributed by atoms with Gasteiger partial charge < -0.3 is 17.3 Å². The largest absolute Gasteiger partial charge is 0.673 e. The molecule has 0 atom stereocenters. The number of allylic oxidation sites excluding steroid dienone is 4. The Morgan fingerprint density at radius 2 is 1.06 bits per heavy atom. The van der Waals surface area contributed by atoms with E-state index in [-0.39, 0.29) is 19.5 Å². The van der Waals surface area contributed by atoms with Gasteiger partial charge in [0.1, 0.15) is 0 Å². The average Bonchev–Trinajstić information content (AvgIpc) is 2.03. The molecule has 1 rings (SSSR count). The smallest absolute Gasteiger partial charge is 0.418 e. The van der Waals surface area contributed by atoms with Crippen molar-refractivity contribution in [2.45, 2.75) is 39.5 Å². The van der Waals surface area contributed by atoms with Gasteiger partial charge in [0.25, 0.3) is 0 Å². The summed E-state index contributed by atoms with van der Waals surface area (Å²) in [6.07, 6.45) is 14.0. The summed E-state index contributed by atoms with van der Waals surface area (Å²) >= 11 is 0. The molecule has 0 fully saturated rings. The summed E-state index contributed by atoms with van der Waals surface area (Å²) in [5, 5.41) is 0. The van der Waals surface area contributed by atoms with Crippen LogP contribution in [0.25, 0.3) is 0 Å². The SMILES string of the molecule is C1=CCCCCC=C1.CC.F[B-](F)(F)F.[Rh]. The van der Waals surface area contributed by atoms with E-state index in [1.807, 2.05) is 13.8 Å². The van der Waals surface area contributed by atoms with Crippen molar-refractivity contribution < 1.29 is 36.7 Å². The second-order valence-corrected chi connectivity index (χ2v) is 2.64. The molecule has 0 saturated carbocycles. The third kappa shape index (κ3) is 37.1. The minimum absolute atomic E-state index is 0. The molecule has 0 spiro atoms. The first kappa shape index (κ1) is 21.2. The third-order valence-corrected chi connectivity index (χ3v) is 1.37. The van der Waals surface area contributed by atoms with Gasteiger partial charge in [-0.15, -0.1) is 0 Å². The first-order valence-electron chi connectivity index (χ1n) is 5.19. The van der Waals surface area contributed by atoms with Crippen LogP contribution in [-0.4, -0.2) is 7.25 Å². The fourth-order valence-corrected chi connectivity index (χ4v) is 0.874. The second-order valence-electron chi connectivity index (χ2n) is 2.64. The number of rotatable bonds is 0. The van der Waals surface area contributed by atoms with Gasteiger partial charge in [-0.1, -0.05) is 38.2 Å². The van der Waals surface area contributed by atoms with Crippen LogP contribution >= 0.6 is 0 Å². The second kappa shape index (κ2) is 14.9. The maximum Gasteiger partial charge on any atom is 0.673 e. The Bertz CT molecular complexity index is 158. The van der Waals surface area contributed by atoms with E-state index >= 15 is 0 Å². The van der Waals surface area contributed by atoms with Crippen molar-refractivity contribution in [3.63, 3.8) is 0 Å². The Morgan fingerprint density at radius 3 is 1.31 bits per heavy atom. The minimum Gasteiger partial charge on any atom is -0.418 e. The van der Waals surface area contributed by atoms with Crippen molar-refractivity contribution in [3.05, 3.63) is 24.3 Å². The minimum atomic E-state index is -6.00. The zero-order valence-electron chi connectivity index (χ0n) is 9.56. The molecule has 16 heavy (non-hydrogen) atoms. The Hall–Kier alpha value is -0.112. The Morgan fingerprint density at radius 1 is 0.812 bits per heavy atom. The molecule has 0 nitrogen and oxygen atoms in total. The van der Waals surface area contributed by atoms with E-state index in [1.165, 1.54) is 25.7 Å². The molecule has 0 amide bonds. The van der Waals surface area contributed by atoms with Gasteiger partial charge in [-0.2, -0.15) is 0 Å². The van der Waals surface area contributed by atoms with Crippen LogP contribution in [0, 0.1) is 0 Å². The molecule has 1 aliphatic rings. The van der Waals surface area contributed by atoms with Crippen molar-refractivity contribution >= 4 is 7.25 Å².